The topological polar surface area (TPSA) is 46.6 Å². The number of imide groups is 1. The van der Waals surface area contributed by atoms with Crippen molar-refractivity contribution in [1.82, 2.24) is 4.90 Å². The molecule has 4 rings (SSSR count). The highest BCUT2D eigenvalue weighted by Gasteiger charge is 2.34. The molecular formula is C24H21NO3S. The summed E-state index contributed by atoms with van der Waals surface area (Å²) in [6.45, 7) is 2.86. The van der Waals surface area contributed by atoms with E-state index in [0.717, 1.165) is 35.1 Å². The summed E-state index contributed by atoms with van der Waals surface area (Å²) in [6.07, 6.45) is 2.51. The van der Waals surface area contributed by atoms with Crippen molar-refractivity contribution in [1.29, 1.82) is 0 Å². The number of fused-ring (bicyclic) bond motifs is 1. The standard InChI is InChI=1S/C24H21NO3S/c1-2-13-25-23(26)22(29-24(25)27)15-17-7-5-11-20(14-17)28-16-19-10-6-9-18-8-3-4-12-21(18)19/h3-12,14-15H,2,13,16H2,1H3/b22-15+. The number of amides is 2. The van der Waals surface area contributed by atoms with Crippen molar-refractivity contribution in [3.8, 4) is 5.75 Å². The zero-order valence-electron chi connectivity index (χ0n) is 16.1. The molecule has 0 bridgehead atoms. The number of carbonyl (C=O) groups excluding carboxylic acids is 2. The second kappa shape index (κ2) is 8.53. The maximum absolute atomic E-state index is 12.4. The fraction of sp³-hybridized carbons (Fsp3) is 0.167. The van der Waals surface area contributed by atoms with E-state index >= 15 is 0 Å². The number of rotatable bonds is 6. The van der Waals surface area contributed by atoms with Gasteiger partial charge in [-0.05, 0) is 58.3 Å². The van der Waals surface area contributed by atoms with Gasteiger partial charge in [0.15, 0.2) is 0 Å². The second-order valence-corrected chi connectivity index (χ2v) is 7.83. The molecule has 0 unspecified atom stereocenters. The Morgan fingerprint density at radius 2 is 1.79 bits per heavy atom. The van der Waals surface area contributed by atoms with Crippen LogP contribution < -0.4 is 4.74 Å². The molecule has 4 nitrogen and oxygen atoms in total. The minimum atomic E-state index is -0.219. The van der Waals surface area contributed by atoms with E-state index in [1.807, 2.05) is 49.4 Å². The van der Waals surface area contributed by atoms with Crippen LogP contribution in [0.4, 0.5) is 4.79 Å². The molecule has 0 aliphatic carbocycles. The van der Waals surface area contributed by atoms with Crippen molar-refractivity contribution < 1.29 is 14.3 Å². The highest BCUT2D eigenvalue weighted by Crippen LogP contribution is 2.32. The molecule has 2 amide bonds. The van der Waals surface area contributed by atoms with Crippen molar-refractivity contribution >= 4 is 39.8 Å². The molecule has 1 aliphatic heterocycles. The van der Waals surface area contributed by atoms with Crippen LogP contribution in [-0.2, 0) is 11.4 Å². The summed E-state index contributed by atoms with van der Waals surface area (Å²) in [5.74, 6) is 0.503. The van der Waals surface area contributed by atoms with Gasteiger partial charge in [0, 0.05) is 6.54 Å². The van der Waals surface area contributed by atoms with Crippen LogP contribution in [-0.4, -0.2) is 22.6 Å². The number of carbonyl (C=O) groups is 2. The van der Waals surface area contributed by atoms with Gasteiger partial charge in [-0.3, -0.25) is 14.5 Å². The highest BCUT2D eigenvalue weighted by molar-refractivity contribution is 8.18. The summed E-state index contributed by atoms with van der Waals surface area (Å²) in [7, 11) is 0. The quantitative estimate of drug-likeness (QED) is 0.483. The third-order valence-electron chi connectivity index (χ3n) is 4.75. The van der Waals surface area contributed by atoms with Crippen LogP contribution in [0.2, 0.25) is 0 Å². The van der Waals surface area contributed by atoms with Crippen LogP contribution in [0, 0.1) is 0 Å². The number of thioether (sulfide) groups is 1. The Bertz CT molecular complexity index is 1100. The maximum Gasteiger partial charge on any atom is 0.293 e. The third-order valence-corrected chi connectivity index (χ3v) is 5.66. The Labute approximate surface area is 174 Å². The van der Waals surface area contributed by atoms with Crippen LogP contribution in [0.25, 0.3) is 16.8 Å². The van der Waals surface area contributed by atoms with Crippen LogP contribution in [0.3, 0.4) is 0 Å². The van der Waals surface area contributed by atoms with Crippen LogP contribution in [0.15, 0.2) is 71.6 Å². The summed E-state index contributed by atoms with van der Waals surface area (Å²) < 4.78 is 6.01. The van der Waals surface area contributed by atoms with Gasteiger partial charge in [-0.25, -0.2) is 0 Å². The number of hydrogen-bond donors (Lipinski definition) is 0. The van der Waals surface area contributed by atoms with Crippen LogP contribution in [0.5, 0.6) is 5.75 Å². The van der Waals surface area contributed by atoms with Crippen molar-refractivity contribution in [2.45, 2.75) is 20.0 Å². The lowest BCUT2D eigenvalue weighted by Gasteiger charge is -2.10. The van der Waals surface area contributed by atoms with Gasteiger partial charge in [-0.2, -0.15) is 0 Å². The first-order chi connectivity index (χ1) is 14.2. The van der Waals surface area contributed by atoms with Gasteiger partial charge in [-0.15, -0.1) is 0 Å². The lowest BCUT2D eigenvalue weighted by atomic mass is 10.1. The van der Waals surface area contributed by atoms with E-state index in [1.54, 1.807) is 6.08 Å². The van der Waals surface area contributed by atoms with Crippen molar-refractivity contribution in [3.63, 3.8) is 0 Å². The van der Waals surface area contributed by atoms with Gasteiger partial charge in [0.05, 0.1) is 4.91 Å². The summed E-state index contributed by atoms with van der Waals surface area (Å²) >= 11 is 0.992. The molecule has 0 atom stereocenters. The molecule has 1 heterocycles. The lowest BCUT2D eigenvalue weighted by Crippen LogP contribution is -2.28. The fourth-order valence-electron chi connectivity index (χ4n) is 3.34. The molecule has 1 aliphatic rings. The molecule has 0 saturated carbocycles. The molecule has 1 fully saturated rings. The Kier molecular flexibility index (Phi) is 5.67. The van der Waals surface area contributed by atoms with Crippen molar-refractivity contribution in [2.24, 2.45) is 0 Å². The van der Waals surface area contributed by atoms with E-state index in [2.05, 4.69) is 24.3 Å². The molecule has 0 aromatic heterocycles. The van der Waals surface area contributed by atoms with Gasteiger partial charge in [0.25, 0.3) is 11.1 Å². The molecule has 0 N–H and O–H groups in total. The molecule has 3 aromatic rings. The first kappa shape index (κ1) is 19.3. The number of benzene rings is 3. The summed E-state index contributed by atoms with van der Waals surface area (Å²) in [5.41, 5.74) is 1.96. The predicted octanol–water partition coefficient (Wildman–Crippen LogP) is 5.87. The zero-order valence-corrected chi connectivity index (χ0v) is 16.9. The summed E-state index contributed by atoms with van der Waals surface area (Å²) in [6, 6.07) is 22.0. The minimum absolute atomic E-state index is 0.202. The average Bonchev–Trinajstić information content (AvgIpc) is 3.00. The monoisotopic (exact) mass is 403 g/mol. The van der Waals surface area contributed by atoms with Gasteiger partial charge in [0.2, 0.25) is 0 Å². The SMILES string of the molecule is CCCN1C(=O)S/C(=C/c2cccc(OCc3cccc4ccccc34)c2)C1=O. The average molecular weight is 404 g/mol. The van der Waals surface area contributed by atoms with Gasteiger partial charge >= 0.3 is 0 Å². The van der Waals surface area contributed by atoms with Gasteiger partial charge in [0.1, 0.15) is 12.4 Å². The third kappa shape index (κ3) is 4.20. The maximum atomic E-state index is 12.4. The van der Waals surface area contributed by atoms with E-state index in [4.69, 9.17) is 4.74 Å². The van der Waals surface area contributed by atoms with Crippen molar-refractivity contribution in [2.75, 3.05) is 6.54 Å². The van der Waals surface area contributed by atoms with Crippen LogP contribution >= 0.6 is 11.8 Å². The van der Waals surface area contributed by atoms with Crippen LogP contribution in [0.1, 0.15) is 24.5 Å². The summed E-state index contributed by atoms with van der Waals surface area (Å²) in [4.78, 5) is 26.2. The Morgan fingerprint density at radius 1 is 1.00 bits per heavy atom. The van der Waals surface area contributed by atoms with E-state index in [9.17, 15) is 9.59 Å². The molecule has 146 valence electrons. The van der Waals surface area contributed by atoms with Gasteiger partial charge < -0.3 is 4.74 Å². The fourth-order valence-corrected chi connectivity index (χ4v) is 4.21. The van der Waals surface area contributed by atoms with E-state index in [1.165, 1.54) is 15.7 Å². The van der Waals surface area contributed by atoms with Gasteiger partial charge in [-0.1, -0.05) is 61.5 Å². The predicted molar refractivity (Wildman–Crippen MR) is 118 cm³/mol. The highest BCUT2D eigenvalue weighted by atomic mass is 32.2. The molecule has 1 saturated heterocycles. The molecular weight excluding hydrogens is 382 g/mol. The first-order valence-electron chi connectivity index (χ1n) is 9.60. The molecule has 0 radical (unpaired) electrons. The molecule has 3 aromatic carbocycles. The lowest BCUT2D eigenvalue weighted by molar-refractivity contribution is -0.122. The minimum Gasteiger partial charge on any atom is -0.489 e. The smallest absolute Gasteiger partial charge is 0.293 e. The largest absolute Gasteiger partial charge is 0.489 e. The zero-order chi connectivity index (χ0) is 20.2. The number of hydrogen-bond acceptors (Lipinski definition) is 4. The normalized spacial score (nSPS) is 15.5. The Balaban J connectivity index is 1.51. The van der Waals surface area contributed by atoms with E-state index in [-0.39, 0.29) is 11.1 Å². The van der Waals surface area contributed by atoms with E-state index in [0.29, 0.717) is 18.1 Å². The Morgan fingerprint density at radius 3 is 2.66 bits per heavy atom. The molecule has 29 heavy (non-hydrogen) atoms. The number of nitrogens with zero attached hydrogens (tertiary/aromatic N) is 1. The molecule has 5 heteroatoms. The second-order valence-electron chi connectivity index (χ2n) is 6.83. The summed E-state index contributed by atoms with van der Waals surface area (Å²) in [5, 5.41) is 2.16. The van der Waals surface area contributed by atoms with E-state index < -0.39 is 0 Å². The first-order valence-corrected chi connectivity index (χ1v) is 10.4. The van der Waals surface area contributed by atoms with Crippen molar-refractivity contribution in [3.05, 3.63) is 82.8 Å². The molecule has 0 spiro atoms. The Hall–Kier alpha value is -3.05. The number of ether oxygens (including phenoxy) is 1.